The third-order valence-electron chi connectivity index (χ3n) is 11.4. The lowest BCUT2D eigenvalue weighted by Gasteiger charge is -2.61. The van der Waals surface area contributed by atoms with E-state index < -0.39 is 5.79 Å². The molecule has 1 unspecified atom stereocenters. The first-order valence-electron chi connectivity index (χ1n) is 13.7. The van der Waals surface area contributed by atoms with E-state index in [1.807, 2.05) is 7.11 Å². The van der Waals surface area contributed by atoms with Gasteiger partial charge in [0, 0.05) is 27.1 Å². The zero-order valence-corrected chi connectivity index (χ0v) is 21.7. The molecule has 8 atom stereocenters. The number of methoxy groups -OCH3 is 2. The Balaban J connectivity index is 1.45. The van der Waals surface area contributed by atoms with Gasteiger partial charge >= 0.3 is 0 Å². The lowest BCUT2D eigenvalue weighted by atomic mass is 9.44. The van der Waals surface area contributed by atoms with Crippen LogP contribution in [0.3, 0.4) is 0 Å². The van der Waals surface area contributed by atoms with E-state index in [4.69, 9.17) is 14.2 Å². The van der Waals surface area contributed by atoms with Gasteiger partial charge in [0.25, 0.3) is 0 Å². The van der Waals surface area contributed by atoms with Gasteiger partial charge in [-0.15, -0.1) is 0 Å². The fourth-order valence-corrected chi connectivity index (χ4v) is 9.42. The Bertz CT molecular complexity index is 784. The van der Waals surface area contributed by atoms with Crippen LogP contribution in [0.5, 0.6) is 0 Å². The molecule has 0 saturated heterocycles. The highest BCUT2D eigenvalue weighted by Gasteiger charge is 2.66. The van der Waals surface area contributed by atoms with Gasteiger partial charge in [0.1, 0.15) is 6.29 Å². The summed E-state index contributed by atoms with van der Waals surface area (Å²) in [4.78, 5) is 12.8. The number of aldehydes is 1. The normalized spacial score (nSPS) is 48.9. The third kappa shape index (κ3) is 3.44. The van der Waals surface area contributed by atoms with Gasteiger partial charge in [-0.2, -0.15) is 0 Å². The Hall–Kier alpha value is -0.710. The average molecular weight is 459 g/mol. The van der Waals surface area contributed by atoms with Crippen molar-refractivity contribution in [3.63, 3.8) is 0 Å². The summed E-state index contributed by atoms with van der Waals surface area (Å²) < 4.78 is 18.9. The molecule has 0 radical (unpaired) electrons. The van der Waals surface area contributed by atoms with Crippen molar-refractivity contribution >= 4 is 6.29 Å². The maximum absolute atomic E-state index is 12.8. The fourth-order valence-electron chi connectivity index (χ4n) is 9.42. The summed E-state index contributed by atoms with van der Waals surface area (Å²) in [5.74, 6) is 1.75. The maximum atomic E-state index is 12.8. The molecule has 5 rings (SSSR count). The van der Waals surface area contributed by atoms with E-state index in [0.717, 1.165) is 44.9 Å². The SMILES string of the molecule is CO[C@H]1C=C2C(C)C[C@@H]3[C@H](CC[C@@]4(C)[C@H]3CC[C@]4(C)OC3(OC)CCCCC3)[C@@]2(C=O)CC1. The molecular weight excluding hydrogens is 412 g/mol. The molecule has 4 nitrogen and oxygen atoms in total. The highest BCUT2D eigenvalue weighted by Crippen LogP contribution is 2.69. The lowest BCUT2D eigenvalue weighted by Crippen LogP contribution is -2.59. The number of hydrogen-bond acceptors (Lipinski definition) is 4. The van der Waals surface area contributed by atoms with Crippen molar-refractivity contribution in [3.8, 4) is 0 Å². The zero-order chi connectivity index (χ0) is 23.5. The van der Waals surface area contributed by atoms with E-state index in [1.165, 1.54) is 44.0 Å². The minimum Gasteiger partial charge on any atom is -0.377 e. The van der Waals surface area contributed by atoms with Gasteiger partial charge in [-0.25, -0.2) is 0 Å². The third-order valence-corrected chi connectivity index (χ3v) is 11.4. The Kier molecular flexibility index (Phi) is 6.15. The molecule has 0 spiro atoms. The molecule has 0 bridgehead atoms. The van der Waals surface area contributed by atoms with Crippen molar-refractivity contribution in [1.82, 2.24) is 0 Å². The van der Waals surface area contributed by atoms with Gasteiger partial charge in [0.15, 0.2) is 5.79 Å². The largest absolute Gasteiger partial charge is 0.377 e. The van der Waals surface area contributed by atoms with E-state index in [2.05, 4.69) is 26.8 Å². The summed E-state index contributed by atoms with van der Waals surface area (Å²) in [6, 6.07) is 0. The molecule has 33 heavy (non-hydrogen) atoms. The molecule has 0 aromatic rings. The van der Waals surface area contributed by atoms with Crippen molar-refractivity contribution in [1.29, 1.82) is 0 Å². The van der Waals surface area contributed by atoms with Gasteiger partial charge in [0.2, 0.25) is 0 Å². The van der Waals surface area contributed by atoms with Gasteiger partial charge < -0.3 is 19.0 Å². The van der Waals surface area contributed by atoms with E-state index >= 15 is 0 Å². The van der Waals surface area contributed by atoms with Crippen LogP contribution in [0.4, 0.5) is 0 Å². The van der Waals surface area contributed by atoms with Crippen molar-refractivity contribution in [2.45, 2.75) is 115 Å². The smallest absolute Gasteiger partial charge is 0.168 e. The molecule has 0 N–H and O–H groups in total. The number of carbonyl (C=O) groups is 1. The summed E-state index contributed by atoms with van der Waals surface area (Å²) in [7, 11) is 3.65. The highest BCUT2D eigenvalue weighted by atomic mass is 16.7. The number of fused-ring (bicyclic) bond motifs is 5. The van der Waals surface area contributed by atoms with Crippen LogP contribution < -0.4 is 0 Å². The molecule has 0 aromatic heterocycles. The summed E-state index contributed by atoms with van der Waals surface area (Å²) >= 11 is 0. The first kappa shape index (κ1) is 24.0. The van der Waals surface area contributed by atoms with Gasteiger partial charge in [-0.1, -0.05) is 31.9 Å². The minimum atomic E-state index is -0.403. The van der Waals surface area contributed by atoms with Gasteiger partial charge in [-0.05, 0) is 93.8 Å². The predicted molar refractivity (Wildman–Crippen MR) is 130 cm³/mol. The summed E-state index contributed by atoms with van der Waals surface area (Å²) in [5.41, 5.74) is 1.11. The highest BCUT2D eigenvalue weighted by molar-refractivity contribution is 5.68. The first-order valence-corrected chi connectivity index (χ1v) is 13.7. The van der Waals surface area contributed by atoms with Gasteiger partial charge in [0.05, 0.1) is 17.1 Å². The number of hydrogen-bond donors (Lipinski definition) is 0. The molecule has 5 aliphatic rings. The van der Waals surface area contributed by atoms with E-state index in [-0.39, 0.29) is 22.5 Å². The average Bonchev–Trinajstić information content (AvgIpc) is 3.09. The minimum absolute atomic E-state index is 0.145. The summed E-state index contributed by atoms with van der Waals surface area (Å²) in [6.45, 7) is 7.26. The second kappa shape index (κ2) is 8.45. The van der Waals surface area contributed by atoms with Crippen LogP contribution in [0.15, 0.2) is 11.6 Å². The van der Waals surface area contributed by atoms with E-state index in [9.17, 15) is 4.79 Å². The number of carbonyl (C=O) groups excluding carboxylic acids is 1. The molecule has 4 saturated carbocycles. The zero-order valence-electron chi connectivity index (χ0n) is 21.7. The summed E-state index contributed by atoms with van der Waals surface area (Å²) in [5, 5.41) is 0. The van der Waals surface area contributed by atoms with Crippen LogP contribution in [0.25, 0.3) is 0 Å². The Morgan fingerprint density at radius 2 is 1.67 bits per heavy atom. The van der Waals surface area contributed by atoms with Crippen molar-refractivity contribution in [2.75, 3.05) is 14.2 Å². The second-order valence-corrected chi connectivity index (χ2v) is 12.6. The quantitative estimate of drug-likeness (QED) is 0.269. The second-order valence-electron chi connectivity index (χ2n) is 12.6. The topological polar surface area (TPSA) is 44.8 Å². The maximum Gasteiger partial charge on any atom is 0.168 e. The lowest BCUT2D eigenvalue weighted by molar-refractivity contribution is -0.313. The predicted octanol–water partition coefficient (Wildman–Crippen LogP) is 6.47. The monoisotopic (exact) mass is 458 g/mol. The molecule has 0 heterocycles. The van der Waals surface area contributed by atoms with E-state index in [1.54, 1.807) is 7.11 Å². The van der Waals surface area contributed by atoms with Crippen molar-refractivity contribution in [3.05, 3.63) is 11.6 Å². The Morgan fingerprint density at radius 3 is 2.33 bits per heavy atom. The molecule has 5 aliphatic carbocycles. The number of allylic oxidation sites excluding steroid dienone is 1. The Labute approximate surface area is 201 Å². The Morgan fingerprint density at radius 1 is 0.939 bits per heavy atom. The van der Waals surface area contributed by atoms with Crippen LogP contribution in [0, 0.1) is 34.5 Å². The molecular formula is C29H46O4. The fraction of sp³-hybridized carbons (Fsp3) is 0.897. The first-order chi connectivity index (χ1) is 15.8. The molecule has 0 amide bonds. The molecule has 0 aliphatic heterocycles. The van der Waals surface area contributed by atoms with Gasteiger partial charge in [-0.3, -0.25) is 0 Å². The number of rotatable bonds is 5. The summed E-state index contributed by atoms with van der Waals surface area (Å²) in [6.07, 6.45) is 17.3. The molecule has 4 heteroatoms. The van der Waals surface area contributed by atoms with Crippen LogP contribution in [-0.2, 0) is 19.0 Å². The van der Waals surface area contributed by atoms with Crippen LogP contribution >= 0.6 is 0 Å². The van der Waals surface area contributed by atoms with E-state index in [0.29, 0.717) is 23.7 Å². The number of ether oxygens (including phenoxy) is 3. The van der Waals surface area contributed by atoms with Crippen LogP contribution in [0.2, 0.25) is 0 Å². The molecule has 186 valence electrons. The standard InChI is InChI=1S/C29H46O4/c1-20-17-22-23-11-15-27(3,33-29(32-5)12-7-6-8-13-29)26(23,2)14-10-24(22)28(19-30)16-9-21(31-4)18-25(20)28/h18-24H,6-17H2,1-5H3/t20?,21-,22+,23+,24+,26+,27+,28+/m1/s1. The van der Waals surface area contributed by atoms with Crippen LogP contribution in [-0.4, -0.2) is 38.0 Å². The van der Waals surface area contributed by atoms with Crippen molar-refractivity contribution in [2.24, 2.45) is 34.5 Å². The molecule has 0 aromatic carbocycles. The molecule has 4 fully saturated rings. The van der Waals surface area contributed by atoms with Crippen molar-refractivity contribution < 1.29 is 19.0 Å². The van der Waals surface area contributed by atoms with Crippen LogP contribution in [0.1, 0.15) is 97.8 Å².